The van der Waals surface area contributed by atoms with Gasteiger partial charge < -0.3 is 9.80 Å². The predicted molar refractivity (Wildman–Crippen MR) is 99.2 cm³/mol. The van der Waals surface area contributed by atoms with Crippen LogP contribution in [0.4, 0.5) is 5.69 Å². The summed E-state index contributed by atoms with van der Waals surface area (Å²) in [6.07, 6.45) is 3.71. The van der Waals surface area contributed by atoms with Crippen LogP contribution in [0.1, 0.15) is 31.4 Å². The summed E-state index contributed by atoms with van der Waals surface area (Å²) in [5.41, 5.74) is 3.02. The molecular formula is C20H25N3O2. The molecule has 1 aromatic carbocycles. The summed E-state index contributed by atoms with van der Waals surface area (Å²) >= 11 is 0. The van der Waals surface area contributed by atoms with E-state index in [0.717, 1.165) is 16.8 Å². The molecule has 0 bridgehead atoms. The van der Waals surface area contributed by atoms with Gasteiger partial charge in [0.15, 0.2) is 0 Å². The van der Waals surface area contributed by atoms with Gasteiger partial charge in [0.25, 0.3) is 0 Å². The third-order valence-corrected chi connectivity index (χ3v) is 4.09. The number of carbonyl (C=O) groups is 2. The van der Waals surface area contributed by atoms with Crippen molar-refractivity contribution in [2.75, 3.05) is 18.0 Å². The van der Waals surface area contributed by atoms with Crippen LogP contribution in [0.25, 0.3) is 0 Å². The molecule has 0 unspecified atom stereocenters. The first-order chi connectivity index (χ1) is 12.0. The lowest BCUT2D eigenvalue weighted by Gasteiger charge is -2.25. The van der Waals surface area contributed by atoms with Gasteiger partial charge >= 0.3 is 0 Å². The maximum absolute atomic E-state index is 12.6. The van der Waals surface area contributed by atoms with Crippen LogP contribution in [-0.4, -0.2) is 34.8 Å². The van der Waals surface area contributed by atoms with E-state index < -0.39 is 0 Å². The number of rotatable bonds is 7. The van der Waals surface area contributed by atoms with E-state index >= 15 is 0 Å². The van der Waals surface area contributed by atoms with Crippen LogP contribution in [0, 0.1) is 6.92 Å². The Morgan fingerprint density at radius 1 is 1.12 bits per heavy atom. The summed E-state index contributed by atoms with van der Waals surface area (Å²) in [7, 11) is 0. The normalized spacial score (nSPS) is 10.4. The largest absolute Gasteiger partial charge is 0.338 e. The Hall–Kier alpha value is -2.69. The molecule has 0 spiro atoms. The fraction of sp³-hybridized carbons (Fsp3) is 0.350. The zero-order valence-electron chi connectivity index (χ0n) is 15.1. The second-order valence-corrected chi connectivity index (χ2v) is 6.02. The van der Waals surface area contributed by atoms with E-state index in [0.29, 0.717) is 26.1 Å². The van der Waals surface area contributed by atoms with Gasteiger partial charge in [0.1, 0.15) is 0 Å². The molecule has 0 fully saturated rings. The summed E-state index contributed by atoms with van der Waals surface area (Å²) in [4.78, 5) is 32.0. The maximum Gasteiger partial charge on any atom is 0.228 e. The standard InChI is InChI=1S/C20H25N3O2/c1-4-23(19-7-5-6-16(2)14-19)20(25)10-13-22(17(3)24)15-18-8-11-21-12-9-18/h5-9,11-12,14H,4,10,13,15H2,1-3H3. The number of hydrogen-bond donors (Lipinski definition) is 0. The summed E-state index contributed by atoms with van der Waals surface area (Å²) in [6, 6.07) is 11.7. The number of aromatic nitrogens is 1. The van der Waals surface area contributed by atoms with E-state index in [1.54, 1.807) is 22.2 Å². The van der Waals surface area contributed by atoms with Crippen molar-refractivity contribution in [3.8, 4) is 0 Å². The van der Waals surface area contributed by atoms with Crippen molar-refractivity contribution in [3.63, 3.8) is 0 Å². The highest BCUT2D eigenvalue weighted by atomic mass is 16.2. The number of pyridine rings is 1. The molecular weight excluding hydrogens is 314 g/mol. The zero-order valence-corrected chi connectivity index (χ0v) is 15.1. The molecule has 2 rings (SSSR count). The number of aryl methyl sites for hydroxylation is 1. The topological polar surface area (TPSA) is 53.5 Å². The zero-order chi connectivity index (χ0) is 18.2. The van der Waals surface area contributed by atoms with Gasteiger partial charge in [-0.2, -0.15) is 0 Å². The molecule has 2 amide bonds. The Labute approximate surface area is 149 Å². The van der Waals surface area contributed by atoms with Crippen molar-refractivity contribution in [1.82, 2.24) is 9.88 Å². The number of anilines is 1. The molecule has 0 saturated heterocycles. The van der Waals surface area contributed by atoms with Crippen molar-refractivity contribution in [2.24, 2.45) is 0 Å². The van der Waals surface area contributed by atoms with E-state index in [1.165, 1.54) is 6.92 Å². The Balaban J connectivity index is 2.01. The van der Waals surface area contributed by atoms with Crippen molar-refractivity contribution >= 4 is 17.5 Å². The summed E-state index contributed by atoms with van der Waals surface area (Å²) < 4.78 is 0. The summed E-state index contributed by atoms with van der Waals surface area (Å²) in [5, 5.41) is 0. The van der Waals surface area contributed by atoms with E-state index in [-0.39, 0.29) is 11.8 Å². The van der Waals surface area contributed by atoms with Crippen LogP contribution in [0.2, 0.25) is 0 Å². The average Bonchev–Trinajstić information content (AvgIpc) is 2.60. The van der Waals surface area contributed by atoms with Crippen LogP contribution in [0.15, 0.2) is 48.8 Å². The van der Waals surface area contributed by atoms with Crippen LogP contribution in [0.5, 0.6) is 0 Å². The highest BCUT2D eigenvalue weighted by Crippen LogP contribution is 2.17. The monoisotopic (exact) mass is 339 g/mol. The van der Waals surface area contributed by atoms with Crippen LogP contribution in [-0.2, 0) is 16.1 Å². The number of benzene rings is 1. The smallest absolute Gasteiger partial charge is 0.228 e. The quantitative estimate of drug-likeness (QED) is 0.778. The first kappa shape index (κ1) is 18.6. The molecule has 0 aliphatic carbocycles. The molecule has 0 atom stereocenters. The molecule has 1 heterocycles. The van der Waals surface area contributed by atoms with Crippen molar-refractivity contribution < 1.29 is 9.59 Å². The summed E-state index contributed by atoms with van der Waals surface area (Å²) in [5.74, 6) is -0.0164. The molecule has 0 N–H and O–H groups in total. The molecule has 25 heavy (non-hydrogen) atoms. The fourth-order valence-corrected chi connectivity index (χ4v) is 2.72. The van der Waals surface area contributed by atoms with Gasteiger partial charge in [-0.15, -0.1) is 0 Å². The average molecular weight is 339 g/mol. The maximum atomic E-state index is 12.6. The van der Waals surface area contributed by atoms with Crippen molar-refractivity contribution in [1.29, 1.82) is 0 Å². The number of amides is 2. The van der Waals surface area contributed by atoms with Crippen molar-refractivity contribution in [3.05, 3.63) is 59.9 Å². The highest BCUT2D eigenvalue weighted by Gasteiger charge is 2.17. The van der Waals surface area contributed by atoms with Gasteiger partial charge in [-0.25, -0.2) is 0 Å². The van der Waals surface area contributed by atoms with E-state index in [9.17, 15) is 9.59 Å². The first-order valence-electron chi connectivity index (χ1n) is 8.52. The Bertz CT molecular complexity index is 716. The lowest BCUT2D eigenvalue weighted by Crippen LogP contribution is -2.36. The molecule has 0 saturated carbocycles. The minimum atomic E-state index is -0.0387. The molecule has 0 aliphatic rings. The third kappa shape index (κ3) is 5.41. The minimum absolute atomic E-state index is 0.0223. The van der Waals surface area contributed by atoms with Gasteiger partial charge in [-0.1, -0.05) is 12.1 Å². The number of carbonyl (C=O) groups excluding carboxylic acids is 2. The molecule has 1 aromatic heterocycles. The van der Waals surface area contributed by atoms with Gasteiger partial charge in [0, 0.05) is 51.1 Å². The second kappa shape index (κ2) is 8.97. The van der Waals surface area contributed by atoms with E-state index in [2.05, 4.69) is 4.98 Å². The van der Waals surface area contributed by atoms with Crippen molar-refractivity contribution in [2.45, 2.75) is 33.7 Å². The SMILES string of the molecule is CCN(C(=O)CCN(Cc1ccncc1)C(C)=O)c1cccc(C)c1. The fourth-order valence-electron chi connectivity index (χ4n) is 2.72. The van der Waals surface area contributed by atoms with Gasteiger partial charge in [0.2, 0.25) is 11.8 Å². The summed E-state index contributed by atoms with van der Waals surface area (Å²) in [6.45, 7) is 6.99. The third-order valence-electron chi connectivity index (χ3n) is 4.09. The lowest BCUT2D eigenvalue weighted by atomic mass is 10.2. The van der Waals surface area contributed by atoms with Gasteiger partial charge in [-0.05, 0) is 49.2 Å². The van der Waals surface area contributed by atoms with Crippen LogP contribution < -0.4 is 4.90 Å². The van der Waals surface area contributed by atoms with Gasteiger partial charge in [0.05, 0.1) is 0 Å². The predicted octanol–water partition coefficient (Wildman–Crippen LogP) is 3.18. The van der Waals surface area contributed by atoms with E-state index in [4.69, 9.17) is 0 Å². The highest BCUT2D eigenvalue weighted by molar-refractivity contribution is 5.93. The van der Waals surface area contributed by atoms with Crippen LogP contribution >= 0.6 is 0 Å². The Morgan fingerprint density at radius 2 is 1.84 bits per heavy atom. The number of hydrogen-bond acceptors (Lipinski definition) is 3. The second-order valence-electron chi connectivity index (χ2n) is 6.02. The van der Waals surface area contributed by atoms with Crippen LogP contribution in [0.3, 0.4) is 0 Å². The van der Waals surface area contributed by atoms with Gasteiger partial charge in [-0.3, -0.25) is 14.6 Å². The van der Waals surface area contributed by atoms with E-state index in [1.807, 2.05) is 50.2 Å². The minimum Gasteiger partial charge on any atom is -0.338 e. The molecule has 5 heteroatoms. The number of nitrogens with zero attached hydrogens (tertiary/aromatic N) is 3. The Kier molecular flexibility index (Phi) is 6.69. The molecule has 0 aliphatic heterocycles. The lowest BCUT2D eigenvalue weighted by molar-refractivity contribution is -0.130. The first-order valence-corrected chi connectivity index (χ1v) is 8.52. The Morgan fingerprint density at radius 3 is 2.44 bits per heavy atom. The molecule has 2 aromatic rings. The molecule has 5 nitrogen and oxygen atoms in total. The molecule has 132 valence electrons. The molecule has 0 radical (unpaired) electrons.